The number of unbranched alkanes of at least 4 members (excludes halogenated alkanes) is 13. The van der Waals surface area contributed by atoms with Gasteiger partial charge in [0.2, 0.25) is 0 Å². The predicted molar refractivity (Wildman–Crippen MR) is 140 cm³/mol. The molecule has 0 aromatic heterocycles. The number of carboxylic acids is 1. The molecule has 0 saturated carbocycles. The van der Waals surface area contributed by atoms with Crippen LogP contribution in [-0.4, -0.2) is 17.7 Å². The van der Waals surface area contributed by atoms with E-state index in [-0.39, 0.29) is 5.56 Å². The van der Waals surface area contributed by atoms with Crippen LogP contribution in [0.25, 0.3) is 11.1 Å². The van der Waals surface area contributed by atoms with E-state index in [0.29, 0.717) is 17.4 Å². The summed E-state index contributed by atoms with van der Waals surface area (Å²) in [4.78, 5) is 11.0. The van der Waals surface area contributed by atoms with E-state index in [9.17, 15) is 4.79 Å². The van der Waals surface area contributed by atoms with Crippen LogP contribution in [0.4, 0.5) is 0 Å². The van der Waals surface area contributed by atoms with Crippen molar-refractivity contribution in [1.29, 1.82) is 0 Å². The van der Waals surface area contributed by atoms with Gasteiger partial charge >= 0.3 is 5.97 Å². The number of carboxylic acid groups (broad SMARTS) is 1. The van der Waals surface area contributed by atoms with E-state index in [4.69, 9.17) is 21.4 Å². The summed E-state index contributed by atoms with van der Waals surface area (Å²) in [7, 11) is 0. The largest absolute Gasteiger partial charge is 0.492 e. The second-order valence-electron chi connectivity index (χ2n) is 8.97. The van der Waals surface area contributed by atoms with Crippen molar-refractivity contribution in [1.82, 2.24) is 0 Å². The zero-order valence-electron chi connectivity index (χ0n) is 20.3. The van der Waals surface area contributed by atoms with Crippen LogP contribution in [0, 0.1) is 0 Å². The minimum Gasteiger partial charge on any atom is -0.492 e. The monoisotopic (exact) mass is 472 g/mol. The number of carbonyl (C=O) groups is 1. The van der Waals surface area contributed by atoms with Gasteiger partial charge in [0.15, 0.2) is 0 Å². The molecule has 2 aromatic rings. The van der Waals surface area contributed by atoms with Crippen molar-refractivity contribution >= 4 is 17.6 Å². The predicted octanol–water partition coefficient (Wildman–Crippen LogP) is 9.57. The van der Waals surface area contributed by atoms with Crippen LogP contribution in [-0.2, 0) is 0 Å². The molecule has 1 N–H and O–H groups in total. The molecule has 0 fully saturated rings. The summed E-state index contributed by atoms with van der Waals surface area (Å²) in [6.07, 6.45) is 18.8. The highest BCUT2D eigenvalue weighted by molar-refractivity contribution is 6.32. The third-order valence-corrected chi connectivity index (χ3v) is 6.45. The van der Waals surface area contributed by atoms with Crippen molar-refractivity contribution in [3.8, 4) is 16.9 Å². The van der Waals surface area contributed by atoms with Gasteiger partial charge in [-0.1, -0.05) is 120 Å². The highest BCUT2D eigenvalue weighted by atomic mass is 35.5. The molecular formula is C29H41ClO3. The van der Waals surface area contributed by atoms with Gasteiger partial charge in [0.25, 0.3) is 0 Å². The molecule has 0 spiro atoms. The van der Waals surface area contributed by atoms with Crippen LogP contribution in [0.15, 0.2) is 42.5 Å². The molecule has 0 amide bonds. The van der Waals surface area contributed by atoms with Crippen molar-refractivity contribution < 1.29 is 14.6 Å². The zero-order valence-corrected chi connectivity index (χ0v) is 21.0. The van der Waals surface area contributed by atoms with E-state index in [1.807, 2.05) is 18.2 Å². The van der Waals surface area contributed by atoms with Crippen LogP contribution in [0.1, 0.15) is 107 Å². The van der Waals surface area contributed by atoms with E-state index in [1.165, 1.54) is 83.5 Å². The first-order chi connectivity index (χ1) is 16.1. The van der Waals surface area contributed by atoms with E-state index in [0.717, 1.165) is 17.5 Å². The van der Waals surface area contributed by atoms with Crippen molar-refractivity contribution in [2.45, 2.75) is 96.8 Å². The van der Waals surface area contributed by atoms with Crippen LogP contribution in [0.3, 0.4) is 0 Å². The Kier molecular flexibility index (Phi) is 13.7. The Bertz CT molecular complexity index is 801. The Morgan fingerprint density at radius 1 is 0.727 bits per heavy atom. The van der Waals surface area contributed by atoms with Crippen LogP contribution in [0.2, 0.25) is 5.02 Å². The molecule has 3 nitrogen and oxygen atoms in total. The van der Waals surface area contributed by atoms with Gasteiger partial charge in [-0.15, -0.1) is 0 Å². The smallest absolute Gasteiger partial charge is 0.335 e. The summed E-state index contributed by atoms with van der Waals surface area (Å²) in [5.74, 6) is -0.218. The van der Waals surface area contributed by atoms with Crippen molar-refractivity contribution in [3.05, 3.63) is 53.1 Å². The number of halogens is 1. The minimum atomic E-state index is -0.924. The summed E-state index contributed by atoms with van der Waals surface area (Å²) in [5.41, 5.74) is 2.15. The van der Waals surface area contributed by atoms with Gasteiger partial charge in [0.05, 0.1) is 17.2 Å². The van der Waals surface area contributed by atoms with Crippen molar-refractivity contribution in [2.75, 3.05) is 6.61 Å². The maximum Gasteiger partial charge on any atom is 0.335 e. The topological polar surface area (TPSA) is 46.5 Å². The molecule has 0 aliphatic carbocycles. The molecule has 0 saturated heterocycles. The van der Waals surface area contributed by atoms with E-state index >= 15 is 0 Å². The first kappa shape index (κ1) is 27.2. The normalized spacial score (nSPS) is 11.0. The average molecular weight is 473 g/mol. The Balaban J connectivity index is 1.52. The van der Waals surface area contributed by atoms with Gasteiger partial charge < -0.3 is 9.84 Å². The Labute approximate surface area is 205 Å². The SMILES string of the molecule is CCCCCCCCCCCCCCCCOc1ccc(-c2ccc(C(=O)O)cc2)cc1Cl. The number of benzene rings is 2. The van der Waals surface area contributed by atoms with Gasteiger partial charge in [0.1, 0.15) is 5.75 Å². The first-order valence-corrected chi connectivity index (χ1v) is 13.3. The number of hydrogen-bond donors (Lipinski definition) is 1. The number of ether oxygens (including phenoxy) is 1. The lowest BCUT2D eigenvalue weighted by Gasteiger charge is -2.10. The molecule has 0 radical (unpaired) electrons. The van der Waals surface area contributed by atoms with Gasteiger partial charge in [-0.3, -0.25) is 0 Å². The highest BCUT2D eigenvalue weighted by Crippen LogP contribution is 2.30. The number of hydrogen-bond acceptors (Lipinski definition) is 2. The summed E-state index contributed by atoms with van der Waals surface area (Å²) < 4.78 is 5.88. The van der Waals surface area contributed by atoms with Crippen LogP contribution < -0.4 is 4.74 Å². The van der Waals surface area contributed by atoms with Gasteiger partial charge in [-0.25, -0.2) is 4.79 Å². The van der Waals surface area contributed by atoms with E-state index in [2.05, 4.69) is 6.92 Å². The zero-order chi connectivity index (χ0) is 23.7. The summed E-state index contributed by atoms with van der Waals surface area (Å²) in [6.45, 7) is 2.96. The second kappa shape index (κ2) is 16.6. The lowest BCUT2D eigenvalue weighted by molar-refractivity contribution is 0.0697. The van der Waals surface area contributed by atoms with Crippen molar-refractivity contribution in [2.24, 2.45) is 0 Å². The van der Waals surface area contributed by atoms with Gasteiger partial charge in [-0.2, -0.15) is 0 Å². The van der Waals surface area contributed by atoms with E-state index < -0.39 is 5.97 Å². The molecule has 0 bridgehead atoms. The molecular weight excluding hydrogens is 432 g/mol. The van der Waals surface area contributed by atoms with Crippen LogP contribution >= 0.6 is 11.6 Å². The summed E-state index contributed by atoms with van der Waals surface area (Å²) in [5, 5.41) is 9.60. The molecule has 2 aromatic carbocycles. The molecule has 0 atom stereocenters. The van der Waals surface area contributed by atoms with Gasteiger partial charge in [0, 0.05) is 0 Å². The van der Waals surface area contributed by atoms with Crippen LogP contribution in [0.5, 0.6) is 5.75 Å². The molecule has 182 valence electrons. The minimum absolute atomic E-state index is 0.276. The lowest BCUT2D eigenvalue weighted by Crippen LogP contribution is -1.98. The average Bonchev–Trinajstić information content (AvgIpc) is 2.82. The molecule has 0 aliphatic rings. The molecule has 0 unspecified atom stereocenters. The molecule has 4 heteroatoms. The van der Waals surface area contributed by atoms with E-state index in [1.54, 1.807) is 24.3 Å². The third kappa shape index (κ3) is 11.1. The number of rotatable bonds is 18. The summed E-state index contributed by atoms with van der Waals surface area (Å²) >= 11 is 6.41. The standard InChI is InChI=1S/C29H41ClO3/c1-2-3-4-5-6-7-8-9-10-11-12-13-14-15-22-33-28-21-20-26(23-27(28)30)24-16-18-25(19-17-24)29(31)32/h16-21,23H,2-15,22H2,1H3,(H,31,32). The Hall–Kier alpha value is -2.00. The maximum absolute atomic E-state index is 11.0. The molecule has 33 heavy (non-hydrogen) atoms. The molecule has 0 aliphatic heterocycles. The molecule has 2 rings (SSSR count). The fraction of sp³-hybridized carbons (Fsp3) is 0.552. The Morgan fingerprint density at radius 2 is 1.21 bits per heavy atom. The number of aromatic carboxylic acids is 1. The second-order valence-corrected chi connectivity index (χ2v) is 9.38. The third-order valence-electron chi connectivity index (χ3n) is 6.15. The summed E-state index contributed by atoms with van der Waals surface area (Å²) in [6, 6.07) is 12.5. The van der Waals surface area contributed by atoms with Gasteiger partial charge in [-0.05, 0) is 41.8 Å². The molecule has 0 heterocycles. The fourth-order valence-electron chi connectivity index (χ4n) is 4.08. The lowest BCUT2D eigenvalue weighted by atomic mass is 10.0. The maximum atomic E-state index is 11.0. The first-order valence-electron chi connectivity index (χ1n) is 12.9. The Morgan fingerprint density at radius 3 is 1.70 bits per heavy atom. The quantitative estimate of drug-likeness (QED) is 0.219. The highest BCUT2D eigenvalue weighted by Gasteiger charge is 2.07. The van der Waals surface area contributed by atoms with Crippen molar-refractivity contribution in [3.63, 3.8) is 0 Å². The fourth-order valence-corrected chi connectivity index (χ4v) is 4.32.